The number of pyridine rings is 1. The minimum atomic E-state index is -0.542. The number of rotatable bonds is 6. The van der Waals surface area contributed by atoms with Crippen molar-refractivity contribution in [3.05, 3.63) is 42.1 Å². The van der Waals surface area contributed by atoms with Gasteiger partial charge in [-0.05, 0) is 61.1 Å². The molecule has 1 fully saturated rings. The number of aromatic nitrogens is 1. The van der Waals surface area contributed by atoms with Crippen molar-refractivity contribution in [2.45, 2.75) is 38.3 Å². The summed E-state index contributed by atoms with van der Waals surface area (Å²) < 4.78 is 25.3. The lowest BCUT2D eigenvalue weighted by Crippen LogP contribution is -3.00. The minimum absolute atomic E-state index is 0. The van der Waals surface area contributed by atoms with E-state index in [-0.39, 0.29) is 30.4 Å². The molecule has 4 heterocycles. The van der Waals surface area contributed by atoms with Crippen LogP contribution in [-0.2, 0) is 13.0 Å². The average Bonchev–Trinajstić information content (AvgIpc) is 3.33. The van der Waals surface area contributed by atoms with Crippen LogP contribution < -0.4 is 40.5 Å². The fourth-order valence-corrected chi connectivity index (χ4v) is 5.38. The maximum atomic E-state index is 10.6. The van der Waals surface area contributed by atoms with E-state index in [9.17, 15) is 5.11 Å². The highest BCUT2D eigenvalue weighted by molar-refractivity contribution is 5.91. The lowest BCUT2D eigenvalue weighted by Gasteiger charge is -2.28. The molecule has 0 amide bonds. The molecule has 1 atom stereocenters. The second-order valence-corrected chi connectivity index (χ2v) is 9.39. The molecule has 35 heavy (non-hydrogen) atoms. The van der Waals surface area contributed by atoms with Gasteiger partial charge in [-0.3, -0.25) is 0 Å². The van der Waals surface area contributed by atoms with Gasteiger partial charge in [-0.2, -0.15) is 4.57 Å². The molecule has 0 radical (unpaired) electrons. The van der Waals surface area contributed by atoms with Gasteiger partial charge in [0.15, 0.2) is 35.7 Å². The fourth-order valence-electron chi connectivity index (χ4n) is 5.38. The van der Waals surface area contributed by atoms with E-state index in [0.29, 0.717) is 18.0 Å². The number of likely N-dealkylation sites (tertiary alicyclic amines) is 1. The van der Waals surface area contributed by atoms with E-state index in [2.05, 4.69) is 39.9 Å². The maximum Gasteiger partial charge on any atom is 0.231 e. The molecule has 6 rings (SSSR count). The predicted molar refractivity (Wildman–Crippen MR) is 128 cm³/mol. The molecule has 0 saturated carbocycles. The molecule has 7 nitrogen and oxygen atoms in total. The SMILES string of the molecule is COc1ccc2cc3[n+](cc2c1OCC(O)CN1CCCCC1)CCc1cc2c(cc1-3)OCO2.[Br-]. The number of β-amino-alcohol motifs (C(OH)–C–C–N with tert-alkyl or cyclic N) is 1. The van der Waals surface area contributed by atoms with E-state index in [1.807, 2.05) is 6.07 Å². The molecular formula is C27H31BrN2O5. The summed E-state index contributed by atoms with van der Waals surface area (Å²) in [6, 6.07) is 10.4. The Labute approximate surface area is 215 Å². The van der Waals surface area contributed by atoms with Crippen LogP contribution in [-0.4, -0.2) is 56.3 Å². The van der Waals surface area contributed by atoms with Gasteiger partial charge in [0.1, 0.15) is 12.7 Å². The normalized spacial score (nSPS) is 17.3. The van der Waals surface area contributed by atoms with Gasteiger partial charge in [-0.25, -0.2) is 0 Å². The molecule has 3 aliphatic heterocycles. The summed E-state index contributed by atoms with van der Waals surface area (Å²) in [4.78, 5) is 2.33. The molecule has 3 aromatic rings. The number of hydrogen-bond donors (Lipinski definition) is 1. The van der Waals surface area contributed by atoms with Gasteiger partial charge in [-0.15, -0.1) is 0 Å². The zero-order valence-corrected chi connectivity index (χ0v) is 21.6. The Balaban J connectivity index is 0.00000253. The lowest BCUT2D eigenvalue weighted by molar-refractivity contribution is -0.686. The largest absolute Gasteiger partial charge is 1.00 e. The molecule has 186 valence electrons. The second-order valence-electron chi connectivity index (χ2n) is 9.39. The van der Waals surface area contributed by atoms with Crippen molar-refractivity contribution < 1.29 is 45.6 Å². The maximum absolute atomic E-state index is 10.6. The van der Waals surface area contributed by atoms with Gasteiger partial charge in [0.25, 0.3) is 0 Å². The summed E-state index contributed by atoms with van der Waals surface area (Å²) in [5.41, 5.74) is 3.59. The highest BCUT2D eigenvalue weighted by atomic mass is 79.9. The Morgan fingerprint density at radius 3 is 2.69 bits per heavy atom. The zero-order valence-electron chi connectivity index (χ0n) is 20.0. The van der Waals surface area contributed by atoms with Crippen LogP contribution in [0, 0.1) is 0 Å². The lowest BCUT2D eigenvalue weighted by atomic mass is 9.95. The van der Waals surface area contributed by atoms with E-state index < -0.39 is 6.10 Å². The number of piperidine rings is 1. The standard InChI is InChI=1S/C27H31N2O5.BrH/c1-31-24-6-5-18-11-23-21-13-26-25(33-17-34-26)12-19(21)7-10-29(23)15-22(18)27(24)32-16-20(30)14-28-8-3-2-4-9-28;/h5-6,11-13,15,20,30H,2-4,7-10,14,16-17H2,1H3;1H/q+1;/p-1. The van der Waals surface area contributed by atoms with Crippen LogP contribution in [0.5, 0.6) is 23.0 Å². The Kier molecular flexibility index (Phi) is 7.05. The van der Waals surface area contributed by atoms with Crippen LogP contribution in [0.15, 0.2) is 36.5 Å². The number of nitrogens with zero attached hydrogens (tertiary/aromatic N) is 2. The van der Waals surface area contributed by atoms with Gasteiger partial charge < -0.3 is 45.9 Å². The first-order chi connectivity index (χ1) is 16.7. The Bertz CT molecular complexity index is 1230. The number of ether oxygens (including phenoxy) is 4. The first kappa shape index (κ1) is 24.2. The van der Waals surface area contributed by atoms with Crippen LogP contribution in [0.3, 0.4) is 0 Å². The number of aryl methyl sites for hydroxylation is 2. The molecule has 8 heteroatoms. The van der Waals surface area contributed by atoms with Crippen molar-refractivity contribution in [2.75, 3.05) is 40.1 Å². The third-order valence-corrected chi connectivity index (χ3v) is 7.13. The van der Waals surface area contributed by atoms with Crippen LogP contribution in [0.4, 0.5) is 0 Å². The van der Waals surface area contributed by atoms with E-state index >= 15 is 0 Å². The molecule has 1 N–H and O–H groups in total. The van der Waals surface area contributed by atoms with Gasteiger partial charge in [-0.1, -0.05) is 6.42 Å². The summed E-state index contributed by atoms with van der Waals surface area (Å²) in [6.45, 7) is 4.13. The topological polar surface area (TPSA) is 64.3 Å². The molecular weight excluding hydrogens is 512 g/mol. The first-order valence-corrected chi connectivity index (χ1v) is 12.2. The van der Waals surface area contributed by atoms with Crippen LogP contribution in [0.2, 0.25) is 0 Å². The molecule has 1 aromatic heterocycles. The Morgan fingerprint density at radius 1 is 1.09 bits per heavy atom. The van der Waals surface area contributed by atoms with Gasteiger partial charge >= 0.3 is 0 Å². The van der Waals surface area contributed by atoms with Gasteiger partial charge in [0.05, 0.1) is 18.1 Å². The van der Waals surface area contributed by atoms with Crippen molar-refractivity contribution in [1.82, 2.24) is 4.90 Å². The molecule has 1 saturated heterocycles. The Hall–Kier alpha value is -2.55. The Morgan fingerprint density at radius 2 is 1.89 bits per heavy atom. The van der Waals surface area contributed by atoms with Crippen molar-refractivity contribution in [3.63, 3.8) is 0 Å². The smallest absolute Gasteiger partial charge is 0.231 e. The number of hydrogen-bond acceptors (Lipinski definition) is 6. The first-order valence-electron chi connectivity index (χ1n) is 12.2. The van der Waals surface area contributed by atoms with E-state index in [4.69, 9.17) is 18.9 Å². The summed E-state index contributed by atoms with van der Waals surface area (Å²) in [6.07, 6.45) is 6.22. The zero-order chi connectivity index (χ0) is 23.1. The fraction of sp³-hybridized carbons (Fsp3) is 0.444. The molecule has 3 aliphatic rings. The van der Waals surface area contributed by atoms with Crippen molar-refractivity contribution in [3.8, 4) is 34.3 Å². The van der Waals surface area contributed by atoms with Crippen LogP contribution >= 0.6 is 0 Å². The minimum Gasteiger partial charge on any atom is -1.00 e. The molecule has 1 unspecified atom stereocenters. The number of fused-ring (bicyclic) bond motifs is 5. The number of aliphatic hydroxyl groups is 1. The van der Waals surface area contributed by atoms with E-state index in [0.717, 1.165) is 54.0 Å². The van der Waals surface area contributed by atoms with Crippen LogP contribution in [0.1, 0.15) is 24.8 Å². The highest BCUT2D eigenvalue weighted by Crippen LogP contribution is 2.41. The predicted octanol–water partition coefficient (Wildman–Crippen LogP) is 0.317. The summed E-state index contributed by atoms with van der Waals surface area (Å²) in [5.74, 6) is 2.99. The van der Waals surface area contributed by atoms with E-state index in [1.165, 1.54) is 30.4 Å². The third-order valence-electron chi connectivity index (χ3n) is 7.13. The number of methoxy groups -OCH3 is 1. The van der Waals surface area contributed by atoms with Crippen molar-refractivity contribution >= 4 is 10.8 Å². The van der Waals surface area contributed by atoms with Gasteiger partial charge in [0, 0.05) is 19.0 Å². The molecule has 0 bridgehead atoms. The van der Waals surface area contributed by atoms with Crippen LogP contribution in [0.25, 0.3) is 22.0 Å². The number of benzene rings is 2. The summed E-state index contributed by atoms with van der Waals surface area (Å²) >= 11 is 0. The number of halogens is 1. The highest BCUT2D eigenvalue weighted by Gasteiger charge is 2.29. The molecule has 2 aromatic carbocycles. The monoisotopic (exact) mass is 542 g/mol. The third kappa shape index (κ3) is 4.67. The quantitative estimate of drug-likeness (QED) is 0.452. The van der Waals surface area contributed by atoms with Crippen molar-refractivity contribution in [1.29, 1.82) is 0 Å². The second kappa shape index (κ2) is 10.2. The summed E-state index contributed by atoms with van der Waals surface area (Å²) in [7, 11) is 1.66. The van der Waals surface area contributed by atoms with Gasteiger partial charge in [0.2, 0.25) is 12.5 Å². The molecule has 0 aliphatic carbocycles. The molecule has 0 spiro atoms. The number of aliphatic hydroxyl groups excluding tert-OH is 1. The summed E-state index contributed by atoms with van der Waals surface area (Å²) in [5, 5.41) is 12.7. The van der Waals surface area contributed by atoms with E-state index in [1.54, 1.807) is 7.11 Å². The average molecular weight is 543 g/mol. The van der Waals surface area contributed by atoms with Crippen molar-refractivity contribution in [2.24, 2.45) is 0 Å².